The molecule has 0 fully saturated rings. The Hall–Kier alpha value is -3.65. The van der Waals surface area contributed by atoms with Gasteiger partial charge in [-0.3, -0.25) is 14.5 Å². The summed E-state index contributed by atoms with van der Waals surface area (Å²) in [4.78, 5) is 33.4. The highest BCUT2D eigenvalue weighted by atomic mass is 35.5. The van der Waals surface area contributed by atoms with Crippen LogP contribution in [0, 0.1) is 6.92 Å². The number of aromatic hydroxyl groups is 1. The van der Waals surface area contributed by atoms with E-state index in [1.54, 1.807) is 19.1 Å². The molecule has 0 radical (unpaired) electrons. The Morgan fingerprint density at radius 1 is 0.972 bits per heavy atom. The fourth-order valence-corrected chi connectivity index (χ4v) is 5.73. The Morgan fingerprint density at radius 2 is 1.61 bits per heavy atom. The van der Waals surface area contributed by atoms with E-state index in [1.165, 1.54) is 46.6 Å². The molecule has 1 aromatic heterocycles. The second-order valence-corrected chi connectivity index (χ2v) is 10.1. The Labute approximate surface area is 220 Å². The van der Waals surface area contributed by atoms with Crippen LogP contribution >= 0.6 is 34.5 Å². The number of aliphatic hydroxyl groups is 1. The first kappa shape index (κ1) is 24.1. The van der Waals surface area contributed by atoms with Crippen molar-refractivity contribution in [1.82, 2.24) is 4.98 Å². The molecule has 36 heavy (non-hydrogen) atoms. The first-order chi connectivity index (χ1) is 17.2. The summed E-state index contributed by atoms with van der Waals surface area (Å²) < 4.78 is 0. The van der Waals surface area contributed by atoms with Crippen LogP contribution in [0.4, 0.5) is 5.69 Å². The van der Waals surface area contributed by atoms with Crippen molar-refractivity contribution in [2.24, 2.45) is 0 Å². The number of anilines is 1. The zero-order valence-electron chi connectivity index (χ0n) is 18.8. The zero-order valence-corrected chi connectivity index (χ0v) is 21.1. The van der Waals surface area contributed by atoms with E-state index < -0.39 is 23.5 Å². The van der Waals surface area contributed by atoms with Gasteiger partial charge in [0, 0.05) is 21.3 Å². The van der Waals surface area contributed by atoms with Crippen molar-refractivity contribution >= 4 is 51.9 Å². The molecule has 1 aliphatic heterocycles. The van der Waals surface area contributed by atoms with Crippen LogP contribution in [0.25, 0.3) is 10.6 Å². The average Bonchev–Trinajstić information content (AvgIpc) is 3.36. The number of ketones is 1. The van der Waals surface area contributed by atoms with Gasteiger partial charge in [-0.25, -0.2) is 4.98 Å². The van der Waals surface area contributed by atoms with Crippen LogP contribution in [0.1, 0.15) is 27.0 Å². The molecule has 5 rings (SSSR count). The minimum absolute atomic E-state index is 0.0207. The minimum Gasteiger partial charge on any atom is -0.508 e. The van der Waals surface area contributed by atoms with E-state index >= 15 is 0 Å². The molecule has 0 spiro atoms. The highest BCUT2D eigenvalue weighted by Gasteiger charge is 2.45. The van der Waals surface area contributed by atoms with E-state index in [2.05, 4.69) is 4.98 Å². The number of Topliss-reactive ketones (excluding diaryl/α,β-unsaturated/α-hetero) is 1. The first-order valence-corrected chi connectivity index (χ1v) is 12.4. The van der Waals surface area contributed by atoms with Gasteiger partial charge in [-0.05, 0) is 42.8 Å². The molecule has 4 aromatic rings. The standard InChI is InChI=1S/C27H18Cl2N2O4S/c1-14-25(36-26(30-14)16-5-3-2-4-6-16)23(33)21-22(15-7-9-20(32)10-8-15)31(27(35)24(21)34)19-12-17(28)11-18(29)13-19/h2-13,22,32,34H,1H3. The lowest BCUT2D eigenvalue weighted by Gasteiger charge is -2.27. The van der Waals surface area contributed by atoms with Crippen LogP contribution in [-0.4, -0.2) is 26.9 Å². The number of aliphatic hydroxyl groups excluding tert-OH is 1. The van der Waals surface area contributed by atoms with Crippen molar-refractivity contribution in [3.63, 3.8) is 0 Å². The molecule has 1 unspecified atom stereocenters. The predicted molar refractivity (Wildman–Crippen MR) is 141 cm³/mol. The molecular formula is C27H18Cl2N2O4S. The number of aryl methyl sites for hydroxylation is 1. The average molecular weight is 537 g/mol. The Kier molecular flexibility index (Phi) is 6.30. The van der Waals surface area contributed by atoms with Gasteiger partial charge in [-0.1, -0.05) is 65.7 Å². The number of thiazole rings is 1. The van der Waals surface area contributed by atoms with Gasteiger partial charge in [0.25, 0.3) is 5.91 Å². The molecule has 2 N–H and O–H groups in total. The lowest BCUT2D eigenvalue weighted by atomic mass is 9.94. The highest BCUT2D eigenvalue weighted by Crippen LogP contribution is 2.44. The van der Waals surface area contributed by atoms with Gasteiger partial charge in [0.2, 0.25) is 5.78 Å². The van der Waals surface area contributed by atoms with E-state index in [4.69, 9.17) is 23.2 Å². The number of hydrogen-bond acceptors (Lipinski definition) is 6. The molecule has 2 heterocycles. The number of nitrogens with zero attached hydrogens (tertiary/aromatic N) is 2. The van der Waals surface area contributed by atoms with Crippen LogP contribution in [0.15, 0.2) is 84.1 Å². The van der Waals surface area contributed by atoms with E-state index in [0.29, 0.717) is 36.9 Å². The van der Waals surface area contributed by atoms with Gasteiger partial charge >= 0.3 is 0 Å². The molecular weight excluding hydrogens is 519 g/mol. The maximum Gasteiger partial charge on any atom is 0.294 e. The molecule has 1 amide bonds. The number of aromatic nitrogens is 1. The van der Waals surface area contributed by atoms with Crippen LogP contribution in [0.5, 0.6) is 5.75 Å². The molecule has 0 bridgehead atoms. The van der Waals surface area contributed by atoms with Crippen LogP contribution in [0.3, 0.4) is 0 Å². The van der Waals surface area contributed by atoms with Gasteiger partial charge in [-0.15, -0.1) is 11.3 Å². The van der Waals surface area contributed by atoms with Gasteiger partial charge < -0.3 is 10.2 Å². The molecule has 180 valence electrons. The number of carbonyl (C=O) groups is 2. The number of phenolic OH excluding ortho intramolecular Hbond substituents is 1. The number of amides is 1. The van der Waals surface area contributed by atoms with Gasteiger partial charge in [-0.2, -0.15) is 0 Å². The number of hydrogen-bond donors (Lipinski definition) is 2. The van der Waals surface area contributed by atoms with Crippen LogP contribution in [0.2, 0.25) is 10.0 Å². The normalized spacial score (nSPS) is 15.6. The molecule has 9 heteroatoms. The summed E-state index contributed by atoms with van der Waals surface area (Å²) in [6.07, 6.45) is 0. The third-order valence-corrected chi connectivity index (χ3v) is 7.45. The predicted octanol–water partition coefficient (Wildman–Crippen LogP) is 6.91. The fourth-order valence-electron chi connectivity index (χ4n) is 4.19. The van der Waals surface area contributed by atoms with Gasteiger partial charge in [0.15, 0.2) is 5.76 Å². The Bertz CT molecular complexity index is 1510. The number of benzene rings is 3. The van der Waals surface area contributed by atoms with E-state index in [-0.39, 0.29) is 11.3 Å². The van der Waals surface area contributed by atoms with Gasteiger partial charge in [0.05, 0.1) is 22.2 Å². The smallest absolute Gasteiger partial charge is 0.294 e. The number of phenols is 1. The highest BCUT2D eigenvalue weighted by molar-refractivity contribution is 7.17. The molecule has 1 atom stereocenters. The number of rotatable bonds is 5. The zero-order chi connectivity index (χ0) is 25.6. The minimum atomic E-state index is -0.984. The van der Waals surface area contributed by atoms with Crippen molar-refractivity contribution in [1.29, 1.82) is 0 Å². The Balaban J connectivity index is 1.65. The summed E-state index contributed by atoms with van der Waals surface area (Å²) in [5.41, 5.74) is 2.08. The summed E-state index contributed by atoms with van der Waals surface area (Å²) in [6, 6.07) is 19.1. The SMILES string of the molecule is Cc1nc(-c2ccccc2)sc1C(=O)C1=C(O)C(=O)N(c2cc(Cl)cc(Cl)c2)C1c1ccc(O)cc1. The molecule has 0 aliphatic carbocycles. The number of halogens is 2. The summed E-state index contributed by atoms with van der Waals surface area (Å²) in [5, 5.41) is 22.0. The van der Waals surface area contributed by atoms with Gasteiger partial charge in [0.1, 0.15) is 10.8 Å². The quantitative estimate of drug-likeness (QED) is 0.270. The second-order valence-electron chi connectivity index (χ2n) is 8.19. The molecule has 0 saturated heterocycles. The molecule has 0 saturated carbocycles. The lowest BCUT2D eigenvalue weighted by Crippen LogP contribution is -2.31. The number of carbonyl (C=O) groups excluding carboxylic acids is 2. The maximum absolute atomic E-state index is 13.9. The van der Waals surface area contributed by atoms with Crippen molar-refractivity contribution < 1.29 is 19.8 Å². The summed E-state index contributed by atoms with van der Waals surface area (Å²) in [7, 11) is 0. The fraction of sp³-hybridized carbons (Fsp3) is 0.0741. The van der Waals surface area contributed by atoms with Crippen molar-refractivity contribution in [2.75, 3.05) is 4.90 Å². The monoisotopic (exact) mass is 536 g/mol. The third kappa shape index (κ3) is 4.26. The Morgan fingerprint density at radius 3 is 2.25 bits per heavy atom. The van der Waals surface area contributed by atoms with Crippen LogP contribution < -0.4 is 4.90 Å². The summed E-state index contributed by atoms with van der Waals surface area (Å²) in [6.45, 7) is 1.72. The molecule has 6 nitrogen and oxygen atoms in total. The van der Waals surface area contributed by atoms with E-state index in [1.807, 2.05) is 30.3 Å². The van der Waals surface area contributed by atoms with E-state index in [0.717, 1.165) is 5.56 Å². The summed E-state index contributed by atoms with van der Waals surface area (Å²) >= 11 is 13.6. The summed E-state index contributed by atoms with van der Waals surface area (Å²) in [5.74, 6) is -1.91. The molecule has 1 aliphatic rings. The van der Waals surface area contributed by atoms with E-state index in [9.17, 15) is 19.8 Å². The first-order valence-electron chi connectivity index (χ1n) is 10.8. The largest absolute Gasteiger partial charge is 0.508 e. The van der Waals surface area contributed by atoms with Crippen molar-refractivity contribution in [3.05, 3.63) is 110 Å². The maximum atomic E-state index is 13.9. The molecule has 3 aromatic carbocycles. The third-order valence-electron chi connectivity index (χ3n) is 5.81. The lowest BCUT2D eigenvalue weighted by molar-refractivity contribution is -0.117. The topological polar surface area (TPSA) is 90.7 Å². The van der Waals surface area contributed by atoms with Crippen molar-refractivity contribution in [2.45, 2.75) is 13.0 Å². The second kappa shape index (κ2) is 9.43. The van der Waals surface area contributed by atoms with Crippen LogP contribution in [-0.2, 0) is 4.79 Å². The van der Waals surface area contributed by atoms with Crippen molar-refractivity contribution in [3.8, 4) is 16.3 Å².